The molecule has 0 aromatic carbocycles. The summed E-state index contributed by atoms with van der Waals surface area (Å²) in [5.74, 6) is 0.369. The van der Waals surface area contributed by atoms with E-state index in [-0.39, 0.29) is 24.1 Å². The first-order valence-corrected chi connectivity index (χ1v) is 6.17. The molecule has 0 radical (unpaired) electrons. The third kappa shape index (κ3) is 4.10. The number of carbonyl (C=O) groups excluding carboxylic acids is 1. The highest BCUT2D eigenvalue weighted by Crippen LogP contribution is 2.15. The Hall–Kier alpha value is -0.610. The Morgan fingerprint density at radius 2 is 2.19 bits per heavy atom. The summed E-state index contributed by atoms with van der Waals surface area (Å²) in [6.07, 6.45) is 2.71. The number of hydrogen-bond donors (Lipinski definition) is 2. The highest BCUT2D eigenvalue weighted by atomic mass is 16.5. The number of carbonyl (C=O) groups is 1. The second-order valence-electron chi connectivity index (χ2n) is 5.02. The zero-order valence-corrected chi connectivity index (χ0v) is 10.5. The predicted octanol–water partition coefficient (Wildman–Crippen LogP) is 1.04. The molecule has 16 heavy (non-hydrogen) atoms. The molecule has 0 saturated carbocycles. The zero-order valence-electron chi connectivity index (χ0n) is 10.5. The van der Waals surface area contributed by atoms with E-state index < -0.39 is 0 Å². The Labute approximate surface area is 97.9 Å². The molecule has 0 spiro atoms. The SMILES string of the molecule is CC(C)C(N)CC(=O)NC(C)C1CCCO1. The monoisotopic (exact) mass is 228 g/mol. The lowest BCUT2D eigenvalue weighted by Crippen LogP contribution is -2.43. The van der Waals surface area contributed by atoms with Crippen LogP contribution in [0, 0.1) is 5.92 Å². The Kier molecular flexibility index (Phi) is 5.22. The van der Waals surface area contributed by atoms with Crippen molar-refractivity contribution in [2.24, 2.45) is 11.7 Å². The average molecular weight is 228 g/mol. The molecule has 0 bridgehead atoms. The van der Waals surface area contributed by atoms with Crippen LogP contribution in [0.5, 0.6) is 0 Å². The number of hydrogen-bond acceptors (Lipinski definition) is 3. The van der Waals surface area contributed by atoms with Gasteiger partial charge in [-0.15, -0.1) is 0 Å². The molecule has 3 unspecified atom stereocenters. The van der Waals surface area contributed by atoms with Gasteiger partial charge in [0.25, 0.3) is 0 Å². The standard InChI is InChI=1S/C12H24N2O2/c1-8(2)10(13)7-12(15)14-9(3)11-5-4-6-16-11/h8-11H,4-7,13H2,1-3H3,(H,14,15). The lowest BCUT2D eigenvalue weighted by Gasteiger charge is -2.22. The molecular weight excluding hydrogens is 204 g/mol. The summed E-state index contributed by atoms with van der Waals surface area (Å²) in [7, 11) is 0. The van der Waals surface area contributed by atoms with E-state index in [1.807, 2.05) is 20.8 Å². The normalized spacial score (nSPS) is 24.4. The molecule has 1 saturated heterocycles. The summed E-state index contributed by atoms with van der Waals surface area (Å²) in [6.45, 7) is 6.87. The third-order valence-corrected chi connectivity index (χ3v) is 3.19. The minimum Gasteiger partial charge on any atom is -0.376 e. The topological polar surface area (TPSA) is 64.4 Å². The molecule has 0 aliphatic carbocycles. The molecule has 0 aromatic rings. The number of amides is 1. The molecule has 1 heterocycles. The van der Waals surface area contributed by atoms with Gasteiger partial charge in [0, 0.05) is 19.1 Å². The smallest absolute Gasteiger partial charge is 0.221 e. The lowest BCUT2D eigenvalue weighted by molar-refractivity contribution is -0.123. The van der Waals surface area contributed by atoms with E-state index in [1.54, 1.807) is 0 Å². The molecule has 1 aliphatic rings. The minimum absolute atomic E-state index is 0.0317. The van der Waals surface area contributed by atoms with Gasteiger partial charge in [-0.1, -0.05) is 13.8 Å². The Bertz CT molecular complexity index is 225. The van der Waals surface area contributed by atoms with Crippen LogP contribution in [-0.4, -0.2) is 30.7 Å². The van der Waals surface area contributed by atoms with E-state index in [4.69, 9.17) is 10.5 Å². The first-order chi connectivity index (χ1) is 7.50. The molecule has 1 aliphatic heterocycles. The van der Waals surface area contributed by atoms with Gasteiger partial charge in [0.1, 0.15) is 0 Å². The molecule has 1 amide bonds. The molecule has 94 valence electrons. The van der Waals surface area contributed by atoms with Crippen LogP contribution in [0.15, 0.2) is 0 Å². The summed E-state index contributed by atoms with van der Waals surface area (Å²) in [5, 5.41) is 2.96. The van der Waals surface area contributed by atoms with Gasteiger partial charge in [0.15, 0.2) is 0 Å². The highest BCUT2D eigenvalue weighted by molar-refractivity contribution is 5.76. The predicted molar refractivity (Wildman–Crippen MR) is 64.0 cm³/mol. The molecular formula is C12H24N2O2. The van der Waals surface area contributed by atoms with Gasteiger partial charge in [-0.2, -0.15) is 0 Å². The molecule has 1 rings (SSSR count). The van der Waals surface area contributed by atoms with Crippen LogP contribution in [0.4, 0.5) is 0 Å². The van der Waals surface area contributed by atoms with Crippen molar-refractivity contribution in [1.29, 1.82) is 0 Å². The van der Waals surface area contributed by atoms with Crippen molar-refractivity contribution < 1.29 is 9.53 Å². The molecule has 4 nitrogen and oxygen atoms in total. The van der Waals surface area contributed by atoms with E-state index in [9.17, 15) is 4.79 Å². The highest BCUT2D eigenvalue weighted by Gasteiger charge is 2.24. The maximum absolute atomic E-state index is 11.7. The molecule has 4 heteroatoms. The van der Waals surface area contributed by atoms with E-state index >= 15 is 0 Å². The maximum Gasteiger partial charge on any atom is 0.221 e. The molecule has 3 atom stereocenters. The Balaban J connectivity index is 2.27. The number of ether oxygens (including phenoxy) is 1. The molecule has 0 aromatic heterocycles. The summed E-state index contributed by atoms with van der Waals surface area (Å²) < 4.78 is 5.52. The lowest BCUT2D eigenvalue weighted by atomic mass is 10.0. The molecule has 1 fully saturated rings. The van der Waals surface area contributed by atoms with Gasteiger partial charge >= 0.3 is 0 Å². The van der Waals surface area contributed by atoms with Gasteiger partial charge in [-0.3, -0.25) is 4.79 Å². The summed E-state index contributed by atoms with van der Waals surface area (Å²) >= 11 is 0. The second-order valence-corrected chi connectivity index (χ2v) is 5.02. The van der Waals surface area contributed by atoms with Crippen LogP contribution in [0.25, 0.3) is 0 Å². The maximum atomic E-state index is 11.7. The third-order valence-electron chi connectivity index (χ3n) is 3.19. The summed E-state index contributed by atoms with van der Waals surface area (Å²) in [4.78, 5) is 11.7. The second kappa shape index (κ2) is 6.21. The van der Waals surface area contributed by atoms with Gasteiger partial charge in [0.05, 0.1) is 12.1 Å². The average Bonchev–Trinajstić information content (AvgIpc) is 2.69. The van der Waals surface area contributed by atoms with Crippen molar-refractivity contribution in [2.75, 3.05) is 6.61 Å². The first-order valence-electron chi connectivity index (χ1n) is 6.17. The first kappa shape index (κ1) is 13.5. The quantitative estimate of drug-likeness (QED) is 0.739. The Morgan fingerprint density at radius 1 is 1.50 bits per heavy atom. The fourth-order valence-corrected chi connectivity index (χ4v) is 1.85. The van der Waals surface area contributed by atoms with Gasteiger partial charge in [-0.25, -0.2) is 0 Å². The van der Waals surface area contributed by atoms with E-state index in [0.717, 1.165) is 19.4 Å². The van der Waals surface area contributed by atoms with Crippen molar-refractivity contribution in [3.05, 3.63) is 0 Å². The van der Waals surface area contributed by atoms with Crippen LogP contribution < -0.4 is 11.1 Å². The van der Waals surface area contributed by atoms with Crippen molar-refractivity contribution in [3.8, 4) is 0 Å². The van der Waals surface area contributed by atoms with Crippen molar-refractivity contribution >= 4 is 5.91 Å². The van der Waals surface area contributed by atoms with Crippen LogP contribution in [-0.2, 0) is 9.53 Å². The Morgan fingerprint density at radius 3 is 2.69 bits per heavy atom. The van der Waals surface area contributed by atoms with Crippen LogP contribution >= 0.6 is 0 Å². The van der Waals surface area contributed by atoms with E-state index in [1.165, 1.54) is 0 Å². The van der Waals surface area contributed by atoms with Gasteiger partial charge in [-0.05, 0) is 25.7 Å². The molecule has 3 N–H and O–H groups in total. The number of nitrogens with two attached hydrogens (primary N) is 1. The number of rotatable bonds is 5. The van der Waals surface area contributed by atoms with Crippen molar-refractivity contribution in [1.82, 2.24) is 5.32 Å². The van der Waals surface area contributed by atoms with Crippen LogP contribution in [0.1, 0.15) is 40.0 Å². The van der Waals surface area contributed by atoms with Gasteiger partial charge in [0.2, 0.25) is 5.91 Å². The van der Waals surface area contributed by atoms with Crippen LogP contribution in [0.3, 0.4) is 0 Å². The minimum atomic E-state index is -0.0586. The fraction of sp³-hybridized carbons (Fsp3) is 0.917. The summed E-state index contributed by atoms with van der Waals surface area (Å²) in [6, 6.07) is 0.0334. The van der Waals surface area contributed by atoms with Crippen LogP contribution in [0.2, 0.25) is 0 Å². The zero-order chi connectivity index (χ0) is 12.1. The largest absolute Gasteiger partial charge is 0.376 e. The van der Waals surface area contributed by atoms with Crippen molar-refractivity contribution in [2.45, 2.75) is 58.2 Å². The fourth-order valence-electron chi connectivity index (χ4n) is 1.85. The van der Waals surface area contributed by atoms with E-state index in [0.29, 0.717) is 12.3 Å². The van der Waals surface area contributed by atoms with E-state index in [2.05, 4.69) is 5.32 Å². The van der Waals surface area contributed by atoms with Gasteiger partial charge < -0.3 is 15.8 Å². The van der Waals surface area contributed by atoms with Crippen molar-refractivity contribution in [3.63, 3.8) is 0 Å². The number of nitrogens with one attached hydrogen (secondary N) is 1. The summed E-state index contributed by atoms with van der Waals surface area (Å²) in [5.41, 5.74) is 5.85.